The molecule has 0 atom stereocenters. The molecule has 0 radical (unpaired) electrons. The molecule has 2 aliphatic carbocycles. The molecule has 2 heteroatoms. The van der Waals surface area contributed by atoms with Crippen molar-refractivity contribution in [2.45, 2.75) is 11.0 Å². The van der Waals surface area contributed by atoms with Gasteiger partial charge in [0, 0.05) is 22.1 Å². The van der Waals surface area contributed by atoms with Gasteiger partial charge in [-0.15, -0.1) is 0 Å². The van der Waals surface area contributed by atoms with Crippen LogP contribution in [0.5, 0.6) is 11.5 Å². The van der Waals surface area contributed by atoms with Crippen molar-refractivity contribution < 1.29 is 9.47 Å². The van der Waals surface area contributed by atoms with Crippen LogP contribution in [0, 0.1) is 0 Å². The molecule has 1 spiro atoms. The van der Waals surface area contributed by atoms with E-state index in [4.69, 9.17) is 9.47 Å². The minimum atomic E-state index is -0.822. The van der Waals surface area contributed by atoms with Gasteiger partial charge in [0.25, 0.3) is 0 Å². The zero-order chi connectivity index (χ0) is 32.3. The molecule has 8 aromatic rings. The number of hydrogen-bond acceptors (Lipinski definition) is 2. The average Bonchev–Trinajstić information content (AvgIpc) is 3.66. The van der Waals surface area contributed by atoms with E-state index in [0.29, 0.717) is 0 Å². The zero-order valence-corrected chi connectivity index (χ0v) is 26.9. The number of hydrogen-bond donors (Lipinski definition) is 0. The minimum Gasteiger partial charge on any atom is -0.497 e. The van der Waals surface area contributed by atoms with Gasteiger partial charge in [-0.3, -0.25) is 0 Å². The molecule has 0 saturated carbocycles. The van der Waals surface area contributed by atoms with Gasteiger partial charge in [-0.2, -0.15) is 0 Å². The zero-order valence-electron chi connectivity index (χ0n) is 26.9. The largest absolute Gasteiger partial charge is 0.497 e. The fraction of sp³-hybridized carbons (Fsp3) is 0.0638. The predicted molar refractivity (Wildman–Crippen MR) is 200 cm³/mol. The summed E-state index contributed by atoms with van der Waals surface area (Å²) < 4.78 is 13.5. The Bertz CT molecular complexity index is 2620. The monoisotopic (exact) mass is 626 g/mol. The standard InChI is InChI=1S/C47H30O2/c1-48-33-24-25-34-37(28-33)45-36(26-27-46(49-45,31-14-4-2-5-15-31)32-16-6-3-7-17-32)44-43(34)35-18-8-9-19-38(35)47(44)39-20-10-12-29-22-23-30-13-11-21-40(47)42(30)41(29)39/h2-28H,1H3. The molecule has 2 nitrogen and oxygen atoms in total. The van der Waals surface area contributed by atoms with E-state index in [1.165, 1.54) is 60.3 Å². The van der Waals surface area contributed by atoms with Crippen LogP contribution in [0.2, 0.25) is 0 Å². The summed E-state index contributed by atoms with van der Waals surface area (Å²) in [6, 6.07) is 55.0. The van der Waals surface area contributed by atoms with E-state index in [1.54, 1.807) is 7.11 Å². The third-order valence-corrected chi connectivity index (χ3v) is 11.3. The molecule has 0 unspecified atom stereocenters. The van der Waals surface area contributed by atoms with Crippen LogP contribution in [0.4, 0.5) is 0 Å². The first-order valence-corrected chi connectivity index (χ1v) is 17.0. The molecule has 1 heterocycles. The van der Waals surface area contributed by atoms with Crippen LogP contribution in [0.1, 0.15) is 38.9 Å². The number of rotatable bonds is 3. The van der Waals surface area contributed by atoms with E-state index in [2.05, 4.69) is 164 Å². The maximum atomic E-state index is 7.61. The smallest absolute Gasteiger partial charge is 0.178 e. The van der Waals surface area contributed by atoms with Crippen LogP contribution in [-0.2, 0) is 11.0 Å². The summed E-state index contributed by atoms with van der Waals surface area (Å²) in [7, 11) is 1.74. The van der Waals surface area contributed by atoms with Crippen molar-refractivity contribution in [3.63, 3.8) is 0 Å². The van der Waals surface area contributed by atoms with Crippen LogP contribution in [0.25, 0.3) is 49.5 Å². The Morgan fingerprint density at radius 2 is 1.16 bits per heavy atom. The highest BCUT2D eigenvalue weighted by Crippen LogP contribution is 2.66. The highest BCUT2D eigenvalue weighted by Gasteiger charge is 2.54. The molecule has 11 rings (SSSR count). The molecule has 0 bridgehead atoms. The molecule has 3 aliphatic rings. The summed E-state index contributed by atoms with van der Waals surface area (Å²) in [5.41, 5.74) is 9.80. The van der Waals surface area contributed by atoms with Crippen LogP contribution in [-0.4, -0.2) is 7.11 Å². The van der Waals surface area contributed by atoms with E-state index < -0.39 is 11.0 Å². The van der Waals surface area contributed by atoms with Gasteiger partial charge in [-0.25, -0.2) is 0 Å². The fourth-order valence-corrected chi connectivity index (χ4v) is 9.41. The van der Waals surface area contributed by atoms with Gasteiger partial charge in [0.2, 0.25) is 0 Å². The summed E-state index contributed by atoms with van der Waals surface area (Å²) in [6.45, 7) is 0. The maximum absolute atomic E-state index is 7.61. The average molecular weight is 627 g/mol. The first kappa shape index (κ1) is 26.9. The summed E-state index contributed by atoms with van der Waals surface area (Å²) >= 11 is 0. The van der Waals surface area contributed by atoms with Gasteiger partial charge in [0.05, 0.1) is 12.5 Å². The second kappa shape index (κ2) is 9.49. The minimum absolute atomic E-state index is 0.514. The summed E-state index contributed by atoms with van der Waals surface area (Å²) in [6.07, 6.45) is 4.64. The molecule has 49 heavy (non-hydrogen) atoms. The van der Waals surface area contributed by atoms with Gasteiger partial charge in [-0.1, -0.05) is 140 Å². The first-order valence-electron chi connectivity index (χ1n) is 17.0. The lowest BCUT2D eigenvalue weighted by Crippen LogP contribution is -2.35. The van der Waals surface area contributed by atoms with Crippen molar-refractivity contribution in [2.24, 2.45) is 0 Å². The third kappa shape index (κ3) is 3.22. The Labute approximate surface area is 284 Å². The fourth-order valence-electron chi connectivity index (χ4n) is 9.41. The summed E-state index contributed by atoms with van der Waals surface area (Å²) in [4.78, 5) is 0. The molecule has 0 aromatic heterocycles. The van der Waals surface area contributed by atoms with E-state index in [-0.39, 0.29) is 0 Å². The topological polar surface area (TPSA) is 18.5 Å². The van der Waals surface area contributed by atoms with Crippen LogP contribution in [0.15, 0.2) is 158 Å². The van der Waals surface area contributed by atoms with E-state index in [1.807, 2.05) is 0 Å². The van der Waals surface area contributed by atoms with Crippen molar-refractivity contribution in [1.29, 1.82) is 0 Å². The second-order valence-corrected chi connectivity index (χ2v) is 13.5. The molecule has 0 amide bonds. The maximum Gasteiger partial charge on any atom is 0.178 e. The summed E-state index contributed by atoms with van der Waals surface area (Å²) in [5.74, 6) is 1.69. The molecular formula is C47H30O2. The Morgan fingerprint density at radius 1 is 0.551 bits per heavy atom. The predicted octanol–water partition coefficient (Wildman–Crippen LogP) is 11.2. The van der Waals surface area contributed by atoms with Crippen LogP contribution in [0.3, 0.4) is 0 Å². The van der Waals surface area contributed by atoms with Crippen LogP contribution >= 0.6 is 0 Å². The molecule has 0 saturated heterocycles. The Balaban J connectivity index is 1.33. The Kier molecular flexibility index (Phi) is 5.21. The van der Waals surface area contributed by atoms with Crippen molar-refractivity contribution in [3.8, 4) is 22.6 Å². The Morgan fingerprint density at radius 3 is 1.82 bits per heavy atom. The van der Waals surface area contributed by atoms with Gasteiger partial charge in [-0.05, 0) is 84.6 Å². The summed E-state index contributed by atoms with van der Waals surface area (Å²) in [5, 5.41) is 7.47. The quantitative estimate of drug-likeness (QED) is 0.182. The molecular weight excluding hydrogens is 597 g/mol. The van der Waals surface area contributed by atoms with Gasteiger partial charge < -0.3 is 9.47 Å². The second-order valence-electron chi connectivity index (χ2n) is 13.5. The van der Waals surface area contributed by atoms with E-state index in [9.17, 15) is 0 Å². The molecule has 0 N–H and O–H groups in total. The molecule has 230 valence electrons. The molecule has 8 aromatic carbocycles. The van der Waals surface area contributed by atoms with Gasteiger partial charge >= 0.3 is 0 Å². The molecule has 1 aliphatic heterocycles. The number of benzene rings is 8. The highest BCUT2D eigenvalue weighted by atomic mass is 16.5. The van der Waals surface area contributed by atoms with Crippen LogP contribution < -0.4 is 9.47 Å². The normalized spacial score (nSPS) is 15.4. The van der Waals surface area contributed by atoms with Crippen molar-refractivity contribution in [1.82, 2.24) is 0 Å². The number of methoxy groups -OCH3 is 1. The molecule has 0 fully saturated rings. The van der Waals surface area contributed by atoms with Gasteiger partial charge in [0.1, 0.15) is 11.5 Å². The number of ether oxygens (including phenoxy) is 2. The lowest BCUT2D eigenvalue weighted by molar-refractivity contribution is 0.163. The first-order chi connectivity index (χ1) is 24.2. The van der Waals surface area contributed by atoms with Crippen molar-refractivity contribution in [3.05, 3.63) is 197 Å². The SMILES string of the molecule is COc1ccc2c3c(c4c(c2c1)OC(c1ccccc1)(c1ccccc1)C=C4)C1(c2ccccc2-3)c2cccc3ccc4cccc1c4c23. The highest BCUT2D eigenvalue weighted by molar-refractivity contribution is 6.19. The lowest BCUT2D eigenvalue weighted by atomic mass is 9.68. The van der Waals surface area contributed by atoms with Crippen molar-refractivity contribution in [2.75, 3.05) is 7.11 Å². The third-order valence-electron chi connectivity index (χ3n) is 11.3. The van der Waals surface area contributed by atoms with E-state index >= 15 is 0 Å². The lowest BCUT2D eigenvalue weighted by Gasteiger charge is -2.39. The van der Waals surface area contributed by atoms with E-state index in [0.717, 1.165) is 33.6 Å². The van der Waals surface area contributed by atoms with Gasteiger partial charge in [0.15, 0.2) is 5.60 Å². The Hall–Kier alpha value is -6.12. The van der Waals surface area contributed by atoms with Crippen molar-refractivity contribution >= 4 is 38.4 Å². The number of fused-ring (bicyclic) bond motifs is 12.